The maximum atomic E-state index is 13.2. The fourth-order valence-electron chi connectivity index (χ4n) is 6.27. The van der Waals surface area contributed by atoms with E-state index >= 15 is 0 Å². The van der Waals surface area contributed by atoms with E-state index in [1.807, 2.05) is 27.7 Å². The molecule has 4 aromatic carbocycles. The maximum Gasteiger partial charge on any atom is 0.491 e. The molecule has 302 valence electrons. The summed E-state index contributed by atoms with van der Waals surface area (Å²) in [4.78, 5) is 33.4. The standard InChI is InChI=1S/C19H17BF4O3.C10H12BNO4.C9H6F4O/c1-18(2)10-27-20(26)16-7-11(3-6-14(16)18)8-17(25)13-5-4-12(21)9-15(13)19(22,23)24;1-10(2)6-16-11(13)9-5-7(12(14)15)3-4-8(9)10;1-5(14)7-3-2-6(10)4-8(7)9(11,12)13/h3-7,9,26H,8,10H2,1-2H3;3-5,13H,6H2,1-2H3;2-4H,1H3. The molecule has 0 aliphatic carbocycles. The Balaban J connectivity index is 0.000000205. The summed E-state index contributed by atoms with van der Waals surface area (Å²) in [6.07, 6.45) is -9.85. The molecule has 0 saturated heterocycles. The molecule has 2 N–H and O–H groups in total. The van der Waals surface area contributed by atoms with Gasteiger partial charge < -0.3 is 19.4 Å². The number of hydrogen-bond donors (Lipinski definition) is 2. The molecule has 0 unspecified atom stereocenters. The van der Waals surface area contributed by atoms with E-state index in [2.05, 4.69) is 0 Å². The second kappa shape index (κ2) is 16.9. The van der Waals surface area contributed by atoms with Gasteiger partial charge in [-0.05, 0) is 70.9 Å². The molecule has 0 amide bonds. The normalized spacial score (nSPS) is 15.6. The number of nitrogens with zero attached hydrogens (tertiary/aromatic N) is 1. The molecule has 0 aromatic heterocycles. The Morgan fingerprint density at radius 2 is 1.16 bits per heavy atom. The van der Waals surface area contributed by atoms with Crippen molar-refractivity contribution in [3.05, 3.63) is 133 Å². The molecule has 9 nitrogen and oxygen atoms in total. The molecule has 0 spiro atoms. The average Bonchev–Trinajstić information content (AvgIpc) is 3.11. The van der Waals surface area contributed by atoms with Gasteiger partial charge in [0.05, 0.1) is 16.1 Å². The maximum absolute atomic E-state index is 13.2. The first-order chi connectivity index (χ1) is 26.2. The lowest BCUT2D eigenvalue weighted by molar-refractivity contribution is -0.384. The van der Waals surface area contributed by atoms with Crippen LogP contribution in [-0.2, 0) is 38.9 Å². The van der Waals surface area contributed by atoms with Gasteiger partial charge in [0.2, 0.25) is 0 Å². The van der Waals surface area contributed by atoms with Crippen LogP contribution in [-0.4, -0.2) is 54.0 Å². The number of fused-ring (bicyclic) bond motifs is 2. The number of rotatable bonds is 5. The van der Waals surface area contributed by atoms with E-state index in [9.17, 15) is 64.9 Å². The molecule has 2 aliphatic rings. The van der Waals surface area contributed by atoms with Gasteiger partial charge in [0.1, 0.15) is 11.6 Å². The number of hydrogen-bond acceptors (Lipinski definition) is 8. The second-order valence-corrected chi connectivity index (χ2v) is 14.6. The van der Waals surface area contributed by atoms with E-state index < -0.39 is 77.0 Å². The largest absolute Gasteiger partial charge is 0.491 e. The van der Waals surface area contributed by atoms with Crippen LogP contribution in [0.4, 0.5) is 40.8 Å². The fourth-order valence-corrected chi connectivity index (χ4v) is 6.27. The minimum atomic E-state index is -4.84. The molecule has 2 heterocycles. The first-order valence-corrected chi connectivity index (χ1v) is 17.0. The summed E-state index contributed by atoms with van der Waals surface area (Å²) in [5.41, 5.74) is -1.04. The van der Waals surface area contributed by atoms with Crippen LogP contribution in [0.25, 0.3) is 0 Å². The van der Waals surface area contributed by atoms with Crippen molar-refractivity contribution in [1.29, 1.82) is 0 Å². The topological polar surface area (TPSA) is 136 Å². The van der Waals surface area contributed by atoms with Crippen molar-refractivity contribution in [2.24, 2.45) is 0 Å². The van der Waals surface area contributed by atoms with Crippen LogP contribution in [0.2, 0.25) is 0 Å². The van der Waals surface area contributed by atoms with Crippen LogP contribution in [0.3, 0.4) is 0 Å². The number of ketones is 2. The minimum absolute atomic E-state index is 0.0286. The Hall–Kier alpha value is -4.97. The molecule has 0 fully saturated rings. The Morgan fingerprint density at radius 3 is 1.61 bits per heavy atom. The molecule has 0 atom stereocenters. The van der Waals surface area contributed by atoms with Crippen LogP contribution in [0.15, 0.2) is 72.8 Å². The Kier molecular flexibility index (Phi) is 13.2. The van der Waals surface area contributed by atoms with E-state index in [1.54, 1.807) is 24.3 Å². The van der Waals surface area contributed by atoms with E-state index in [0.717, 1.165) is 42.3 Å². The summed E-state index contributed by atoms with van der Waals surface area (Å²) in [6, 6.07) is 13.5. The quantitative estimate of drug-likeness (QED) is 0.0732. The summed E-state index contributed by atoms with van der Waals surface area (Å²) in [5.74, 6) is -3.59. The van der Waals surface area contributed by atoms with Gasteiger partial charge in [-0.2, -0.15) is 26.3 Å². The molecule has 0 bridgehead atoms. The summed E-state index contributed by atoms with van der Waals surface area (Å²) >= 11 is 0. The van der Waals surface area contributed by atoms with Crippen LogP contribution in [0, 0.1) is 21.7 Å². The molecule has 6 rings (SSSR count). The lowest BCUT2D eigenvalue weighted by Gasteiger charge is -2.34. The number of nitro benzene ring substituents is 1. The highest BCUT2D eigenvalue weighted by atomic mass is 19.4. The van der Waals surface area contributed by atoms with Gasteiger partial charge in [-0.15, -0.1) is 0 Å². The SMILES string of the molecule is CC(=O)c1ccc(F)cc1C(F)(F)F.CC1(C)COB(O)c2cc(CC(=O)c3ccc(F)cc3C(F)(F)F)ccc21.CC1(C)COB(O)c2cc([N+](=O)[O-])ccc21. The van der Waals surface area contributed by atoms with Gasteiger partial charge in [-0.1, -0.05) is 52.0 Å². The van der Waals surface area contributed by atoms with Crippen LogP contribution >= 0.6 is 0 Å². The van der Waals surface area contributed by atoms with E-state index in [1.165, 1.54) is 12.1 Å². The molecule has 19 heteroatoms. The number of halogens is 8. The Labute approximate surface area is 322 Å². The minimum Gasteiger partial charge on any atom is -0.423 e. The van der Waals surface area contributed by atoms with Gasteiger partial charge in [0.15, 0.2) is 11.6 Å². The lowest BCUT2D eigenvalue weighted by Crippen LogP contribution is -2.49. The Bertz CT molecular complexity index is 2180. The summed E-state index contributed by atoms with van der Waals surface area (Å²) in [6.45, 7) is 9.56. The smallest absolute Gasteiger partial charge is 0.423 e. The average molecular weight is 807 g/mol. The zero-order valence-electron chi connectivity index (χ0n) is 31.0. The number of nitro groups is 1. The third-order valence-electron chi connectivity index (χ3n) is 9.17. The van der Waals surface area contributed by atoms with E-state index in [0.29, 0.717) is 41.8 Å². The van der Waals surface area contributed by atoms with Crippen molar-refractivity contribution in [3.63, 3.8) is 0 Å². The number of Topliss-reactive ketones (excluding diaryl/α,β-unsaturated/α-hetero) is 2. The van der Waals surface area contributed by atoms with Gasteiger partial charge in [0, 0.05) is 53.7 Å². The zero-order valence-corrected chi connectivity index (χ0v) is 31.0. The van der Waals surface area contributed by atoms with Crippen molar-refractivity contribution in [1.82, 2.24) is 0 Å². The predicted molar refractivity (Wildman–Crippen MR) is 194 cm³/mol. The number of benzene rings is 4. The molecule has 2 aliphatic heterocycles. The van der Waals surface area contributed by atoms with E-state index in [-0.39, 0.29) is 22.9 Å². The highest BCUT2D eigenvalue weighted by Gasteiger charge is 2.39. The number of non-ortho nitro benzene ring substituents is 1. The van der Waals surface area contributed by atoms with Crippen molar-refractivity contribution >= 4 is 42.4 Å². The van der Waals surface area contributed by atoms with Gasteiger partial charge in [-0.25, -0.2) is 8.78 Å². The van der Waals surface area contributed by atoms with Crippen molar-refractivity contribution in [3.8, 4) is 0 Å². The molecule has 0 saturated carbocycles. The van der Waals surface area contributed by atoms with Gasteiger partial charge >= 0.3 is 26.6 Å². The third-order valence-corrected chi connectivity index (χ3v) is 9.17. The van der Waals surface area contributed by atoms with Crippen LogP contribution in [0.1, 0.15) is 83.2 Å². The zero-order chi connectivity index (χ0) is 42.8. The first-order valence-electron chi connectivity index (χ1n) is 17.0. The lowest BCUT2D eigenvalue weighted by atomic mass is 9.65. The highest BCUT2D eigenvalue weighted by molar-refractivity contribution is 6.61. The van der Waals surface area contributed by atoms with Crippen LogP contribution in [0.5, 0.6) is 0 Å². The third kappa shape index (κ3) is 10.7. The number of alkyl halides is 6. The van der Waals surface area contributed by atoms with Gasteiger partial charge in [-0.3, -0.25) is 19.7 Å². The summed E-state index contributed by atoms with van der Waals surface area (Å²) in [5, 5.41) is 30.3. The molecule has 4 aromatic rings. The fraction of sp³-hybridized carbons (Fsp3) is 0.316. The highest BCUT2D eigenvalue weighted by Crippen LogP contribution is 2.35. The molecule has 57 heavy (non-hydrogen) atoms. The molecular formula is C38H35B2F8NO8. The Morgan fingerprint density at radius 1 is 0.719 bits per heavy atom. The van der Waals surface area contributed by atoms with Gasteiger partial charge in [0.25, 0.3) is 5.69 Å². The molecular weight excluding hydrogens is 772 g/mol. The first kappa shape index (κ1) is 44.7. The van der Waals surface area contributed by atoms with Crippen molar-refractivity contribution in [2.75, 3.05) is 13.2 Å². The van der Waals surface area contributed by atoms with E-state index in [4.69, 9.17) is 9.31 Å². The number of carbonyl (C=O) groups excluding carboxylic acids is 2. The van der Waals surface area contributed by atoms with Crippen molar-refractivity contribution < 1.29 is 69.0 Å². The number of carbonyl (C=O) groups is 2. The predicted octanol–water partition coefficient (Wildman–Crippen LogP) is 6.90. The summed E-state index contributed by atoms with van der Waals surface area (Å²) < 4.78 is 112. The van der Waals surface area contributed by atoms with Crippen LogP contribution < -0.4 is 10.9 Å². The van der Waals surface area contributed by atoms with Crippen molar-refractivity contribution in [2.45, 2.75) is 64.2 Å². The molecule has 0 radical (unpaired) electrons. The second-order valence-electron chi connectivity index (χ2n) is 14.6. The summed E-state index contributed by atoms with van der Waals surface area (Å²) in [7, 11) is -2.22. The monoisotopic (exact) mass is 807 g/mol.